The zero-order chi connectivity index (χ0) is 12.4. The fraction of sp³-hybridized carbons (Fsp3) is 0.600. The van der Waals surface area contributed by atoms with Crippen LogP contribution in [0.1, 0.15) is 12.0 Å². The van der Waals surface area contributed by atoms with Crippen LogP contribution in [0.2, 0.25) is 0 Å². The molecule has 0 amide bonds. The van der Waals surface area contributed by atoms with Gasteiger partial charge in [-0.25, -0.2) is 0 Å². The van der Waals surface area contributed by atoms with Gasteiger partial charge in [0, 0.05) is 25.7 Å². The largest absolute Gasteiger partial charge is 0.374 e. The van der Waals surface area contributed by atoms with Crippen molar-refractivity contribution in [2.24, 2.45) is 11.7 Å². The van der Waals surface area contributed by atoms with Gasteiger partial charge < -0.3 is 10.5 Å². The van der Waals surface area contributed by atoms with E-state index in [2.05, 4.69) is 35.2 Å². The number of fused-ring (bicyclic) bond motifs is 1. The molecule has 2 saturated heterocycles. The minimum absolute atomic E-state index is 0.247. The van der Waals surface area contributed by atoms with Gasteiger partial charge in [-0.15, -0.1) is 0 Å². The lowest BCUT2D eigenvalue weighted by molar-refractivity contribution is -0.0434. The van der Waals surface area contributed by atoms with E-state index in [1.54, 1.807) is 0 Å². The van der Waals surface area contributed by atoms with E-state index in [0.717, 1.165) is 19.1 Å². The van der Waals surface area contributed by atoms with E-state index in [1.165, 1.54) is 24.9 Å². The van der Waals surface area contributed by atoms with Crippen molar-refractivity contribution in [2.75, 3.05) is 26.2 Å². The van der Waals surface area contributed by atoms with Crippen LogP contribution < -0.4 is 5.73 Å². The second kappa shape index (κ2) is 5.39. The maximum Gasteiger partial charge on any atom is 0.0824 e. The molecule has 0 unspecified atom stereocenters. The van der Waals surface area contributed by atoms with Gasteiger partial charge in [-0.05, 0) is 24.3 Å². The van der Waals surface area contributed by atoms with Crippen molar-refractivity contribution in [1.29, 1.82) is 0 Å². The Kier molecular flexibility index (Phi) is 3.64. The number of morpholine rings is 1. The highest BCUT2D eigenvalue weighted by Gasteiger charge is 2.36. The van der Waals surface area contributed by atoms with E-state index in [1.807, 2.05) is 0 Å². The molecule has 0 radical (unpaired) electrons. The van der Waals surface area contributed by atoms with E-state index in [-0.39, 0.29) is 6.10 Å². The van der Waals surface area contributed by atoms with Crippen LogP contribution in [0, 0.1) is 5.92 Å². The Morgan fingerprint density at radius 3 is 2.83 bits per heavy atom. The zero-order valence-electron chi connectivity index (χ0n) is 10.8. The van der Waals surface area contributed by atoms with E-state index in [0.29, 0.717) is 12.6 Å². The highest BCUT2D eigenvalue weighted by Crippen LogP contribution is 2.29. The standard InChI is InChI=1S/C15H22N2O/c16-8-15-10-17-9-13(7-14(17)11-18-15)6-12-4-2-1-3-5-12/h1-5,13-15H,6-11,16H2/t13-,14+,15-/m0/s1. The number of hydrogen-bond donors (Lipinski definition) is 1. The van der Waals surface area contributed by atoms with Gasteiger partial charge in [0.2, 0.25) is 0 Å². The fourth-order valence-electron chi connectivity index (χ4n) is 3.29. The molecular weight excluding hydrogens is 224 g/mol. The molecule has 0 spiro atoms. The summed E-state index contributed by atoms with van der Waals surface area (Å²) < 4.78 is 5.77. The summed E-state index contributed by atoms with van der Waals surface area (Å²) in [5.41, 5.74) is 7.15. The second-order valence-corrected chi connectivity index (χ2v) is 5.59. The quantitative estimate of drug-likeness (QED) is 0.873. The molecule has 2 aliphatic heterocycles. The third-order valence-corrected chi connectivity index (χ3v) is 4.21. The van der Waals surface area contributed by atoms with E-state index in [9.17, 15) is 0 Å². The smallest absolute Gasteiger partial charge is 0.0824 e. The van der Waals surface area contributed by atoms with Crippen LogP contribution in [0.15, 0.2) is 30.3 Å². The molecule has 1 aromatic rings. The first-order valence-corrected chi connectivity index (χ1v) is 6.95. The van der Waals surface area contributed by atoms with E-state index >= 15 is 0 Å². The molecule has 3 rings (SSSR count). The molecule has 3 heteroatoms. The molecule has 3 nitrogen and oxygen atoms in total. The average molecular weight is 246 g/mol. The van der Waals surface area contributed by atoms with Crippen molar-refractivity contribution >= 4 is 0 Å². The van der Waals surface area contributed by atoms with Gasteiger partial charge in [-0.2, -0.15) is 0 Å². The minimum atomic E-state index is 0.247. The second-order valence-electron chi connectivity index (χ2n) is 5.59. The number of rotatable bonds is 3. The van der Waals surface area contributed by atoms with Crippen molar-refractivity contribution in [3.63, 3.8) is 0 Å². The summed E-state index contributed by atoms with van der Waals surface area (Å²) in [5, 5.41) is 0. The number of nitrogens with zero attached hydrogens (tertiary/aromatic N) is 1. The summed E-state index contributed by atoms with van der Waals surface area (Å²) in [4.78, 5) is 2.58. The first-order chi connectivity index (χ1) is 8.85. The number of nitrogens with two attached hydrogens (primary N) is 1. The Bertz CT molecular complexity index is 381. The maximum absolute atomic E-state index is 5.77. The molecule has 0 bridgehead atoms. The molecule has 1 aromatic carbocycles. The Morgan fingerprint density at radius 2 is 2.06 bits per heavy atom. The topological polar surface area (TPSA) is 38.5 Å². The number of benzene rings is 1. The average Bonchev–Trinajstić information content (AvgIpc) is 2.80. The monoisotopic (exact) mass is 246 g/mol. The minimum Gasteiger partial charge on any atom is -0.374 e. The molecule has 2 aliphatic rings. The van der Waals surface area contributed by atoms with Crippen molar-refractivity contribution in [1.82, 2.24) is 4.90 Å². The predicted molar refractivity (Wildman–Crippen MR) is 72.4 cm³/mol. The Balaban J connectivity index is 1.58. The highest BCUT2D eigenvalue weighted by molar-refractivity contribution is 5.15. The Hall–Kier alpha value is -0.900. The lowest BCUT2D eigenvalue weighted by Gasteiger charge is -2.34. The first-order valence-electron chi connectivity index (χ1n) is 6.95. The third kappa shape index (κ3) is 2.58. The molecule has 0 saturated carbocycles. The fourth-order valence-corrected chi connectivity index (χ4v) is 3.29. The molecule has 18 heavy (non-hydrogen) atoms. The van der Waals surface area contributed by atoms with Gasteiger partial charge in [0.25, 0.3) is 0 Å². The summed E-state index contributed by atoms with van der Waals surface area (Å²) >= 11 is 0. The molecule has 2 heterocycles. The molecule has 0 aliphatic carbocycles. The van der Waals surface area contributed by atoms with E-state index < -0.39 is 0 Å². The van der Waals surface area contributed by atoms with Crippen molar-refractivity contribution < 1.29 is 4.74 Å². The normalized spacial score (nSPS) is 32.4. The molecule has 0 aromatic heterocycles. The van der Waals surface area contributed by atoms with E-state index in [4.69, 9.17) is 10.5 Å². The number of hydrogen-bond acceptors (Lipinski definition) is 3. The van der Waals surface area contributed by atoms with Crippen LogP contribution in [0.25, 0.3) is 0 Å². The SMILES string of the molecule is NC[C@H]1CN2C[C@@H](Cc3ccccc3)C[C@@H]2CO1. The lowest BCUT2D eigenvalue weighted by Crippen LogP contribution is -2.48. The van der Waals surface area contributed by atoms with Crippen molar-refractivity contribution in [3.8, 4) is 0 Å². The predicted octanol–water partition coefficient (Wildman–Crippen LogP) is 1.28. The molecule has 2 N–H and O–H groups in total. The molecule has 98 valence electrons. The first kappa shape index (κ1) is 12.2. The lowest BCUT2D eigenvalue weighted by atomic mass is 9.97. The summed E-state index contributed by atoms with van der Waals surface area (Å²) in [6.45, 7) is 3.74. The van der Waals surface area contributed by atoms with Crippen LogP contribution in [0.3, 0.4) is 0 Å². The van der Waals surface area contributed by atoms with Crippen LogP contribution in [-0.2, 0) is 11.2 Å². The van der Waals surface area contributed by atoms with Crippen LogP contribution in [-0.4, -0.2) is 43.3 Å². The van der Waals surface area contributed by atoms with Crippen molar-refractivity contribution in [3.05, 3.63) is 35.9 Å². The van der Waals surface area contributed by atoms with Gasteiger partial charge in [0.15, 0.2) is 0 Å². The molecule has 2 fully saturated rings. The van der Waals surface area contributed by atoms with Crippen LogP contribution >= 0.6 is 0 Å². The van der Waals surface area contributed by atoms with Gasteiger partial charge >= 0.3 is 0 Å². The Morgan fingerprint density at radius 1 is 1.22 bits per heavy atom. The maximum atomic E-state index is 5.77. The van der Waals surface area contributed by atoms with Gasteiger partial charge in [0.05, 0.1) is 12.7 Å². The van der Waals surface area contributed by atoms with Gasteiger partial charge in [0.1, 0.15) is 0 Å². The molecule has 3 atom stereocenters. The summed E-state index contributed by atoms with van der Waals surface area (Å²) in [5.74, 6) is 0.775. The van der Waals surface area contributed by atoms with Gasteiger partial charge in [-0.1, -0.05) is 30.3 Å². The third-order valence-electron chi connectivity index (χ3n) is 4.21. The van der Waals surface area contributed by atoms with Gasteiger partial charge in [-0.3, -0.25) is 4.90 Å². The molecular formula is C15H22N2O. The highest BCUT2D eigenvalue weighted by atomic mass is 16.5. The number of ether oxygens (including phenoxy) is 1. The van der Waals surface area contributed by atoms with Crippen LogP contribution in [0.5, 0.6) is 0 Å². The van der Waals surface area contributed by atoms with Crippen molar-refractivity contribution in [2.45, 2.75) is 25.0 Å². The Labute approximate surface area is 109 Å². The summed E-state index contributed by atoms with van der Waals surface area (Å²) in [6.07, 6.45) is 2.71. The summed E-state index contributed by atoms with van der Waals surface area (Å²) in [6, 6.07) is 11.4. The summed E-state index contributed by atoms with van der Waals surface area (Å²) in [7, 11) is 0. The van der Waals surface area contributed by atoms with Crippen LogP contribution in [0.4, 0.5) is 0 Å². The zero-order valence-corrected chi connectivity index (χ0v) is 10.8.